The van der Waals surface area contributed by atoms with Crippen LogP contribution < -0.4 is 0 Å². The molecule has 1 saturated heterocycles. The third kappa shape index (κ3) is 3.51. The molecule has 4 nitrogen and oxygen atoms in total. The standard InChI is InChI=1S/C15H20ClNO3/c1-15(2)10-17(8-12(9-18)20-15)14(19)13(16)11-6-4-3-5-7-11/h3-7,12-13,18H,8-10H2,1-2H3. The number of aliphatic hydroxyl groups excluding tert-OH is 1. The number of rotatable bonds is 3. The Morgan fingerprint density at radius 1 is 1.50 bits per heavy atom. The Labute approximate surface area is 124 Å². The Hall–Kier alpha value is -1.10. The third-order valence-corrected chi connectivity index (χ3v) is 3.74. The van der Waals surface area contributed by atoms with Crippen LogP contribution in [-0.2, 0) is 9.53 Å². The van der Waals surface area contributed by atoms with Crippen LogP contribution in [0.2, 0.25) is 0 Å². The first-order valence-corrected chi connectivity index (χ1v) is 7.13. The summed E-state index contributed by atoms with van der Waals surface area (Å²) < 4.78 is 5.70. The van der Waals surface area contributed by atoms with Crippen LogP contribution in [0.4, 0.5) is 0 Å². The van der Waals surface area contributed by atoms with Gasteiger partial charge in [-0.2, -0.15) is 0 Å². The number of carbonyl (C=O) groups is 1. The van der Waals surface area contributed by atoms with Gasteiger partial charge in [-0.1, -0.05) is 30.3 Å². The fraction of sp³-hybridized carbons (Fsp3) is 0.533. The molecule has 1 heterocycles. The molecule has 1 fully saturated rings. The highest BCUT2D eigenvalue weighted by Gasteiger charge is 2.37. The highest BCUT2D eigenvalue weighted by molar-refractivity contribution is 6.30. The Morgan fingerprint density at radius 3 is 2.75 bits per heavy atom. The van der Waals surface area contributed by atoms with E-state index in [0.717, 1.165) is 5.56 Å². The predicted molar refractivity (Wildman–Crippen MR) is 77.7 cm³/mol. The van der Waals surface area contributed by atoms with E-state index < -0.39 is 11.0 Å². The molecular weight excluding hydrogens is 278 g/mol. The van der Waals surface area contributed by atoms with E-state index in [9.17, 15) is 9.90 Å². The topological polar surface area (TPSA) is 49.8 Å². The number of benzene rings is 1. The van der Waals surface area contributed by atoms with Crippen LogP contribution in [0.15, 0.2) is 30.3 Å². The molecule has 1 amide bonds. The van der Waals surface area contributed by atoms with Crippen LogP contribution in [0.25, 0.3) is 0 Å². The van der Waals surface area contributed by atoms with Crippen molar-refractivity contribution < 1.29 is 14.6 Å². The molecule has 0 aromatic heterocycles. The molecule has 20 heavy (non-hydrogen) atoms. The van der Waals surface area contributed by atoms with Gasteiger partial charge in [0, 0.05) is 13.1 Å². The van der Waals surface area contributed by atoms with Crippen LogP contribution in [0, 0.1) is 0 Å². The van der Waals surface area contributed by atoms with E-state index in [4.69, 9.17) is 16.3 Å². The van der Waals surface area contributed by atoms with E-state index in [1.165, 1.54) is 0 Å². The number of morpholine rings is 1. The lowest BCUT2D eigenvalue weighted by Gasteiger charge is -2.42. The first-order valence-electron chi connectivity index (χ1n) is 6.69. The number of hydrogen-bond donors (Lipinski definition) is 1. The van der Waals surface area contributed by atoms with Crippen LogP contribution >= 0.6 is 11.6 Å². The molecule has 110 valence electrons. The van der Waals surface area contributed by atoms with Gasteiger partial charge >= 0.3 is 0 Å². The van der Waals surface area contributed by atoms with Gasteiger partial charge in [0.2, 0.25) is 5.91 Å². The Morgan fingerprint density at radius 2 is 2.15 bits per heavy atom. The maximum atomic E-state index is 12.5. The zero-order valence-electron chi connectivity index (χ0n) is 11.8. The third-order valence-electron chi connectivity index (χ3n) is 3.31. The number of nitrogens with zero attached hydrogens (tertiary/aromatic N) is 1. The molecule has 0 aliphatic carbocycles. The SMILES string of the molecule is CC1(C)CN(C(=O)C(Cl)c2ccccc2)CC(CO)O1. The number of halogens is 1. The lowest BCUT2D eigenvalue weighted by molar-refractivity contribution is -0.166. The van der Waals surface area contributed by atoms with Crippen molar-refractivity contribution in [2.45, 2.75) is 30.9 Å². The van der Waals surface area contributed by atoms with Crippen molar-refractivity contribution in [2.75, 3.05) is 19.7 Å². The minimum Gasteiger partial charge on any atom is -0.394 e. The van der Waals surface area contributed by atoms with Crippen LogP contribution in [-0.4, -0.2) is 47.3 Å². The molecule has 0 saturated carbocycles. The molecule has 1 aromatic rings. The number of hydrogen-bond acceptors (Lipinski definition) is 3. The number of alkyl halides is 1. The van der Waals surface area contributed by atoms with E-state index in [1.54, 1.807) is 4.90 Å². The molecule has 1 aromatic carbocycles. The summed E-state index contributed by atoms with van der Waals surface area (Å²) in [6.07, 6.45) is -0.359. The minimum atomic E-state index is -0.704. The molecule has 2 atom stereocenters. The lowest BCUT2D eigenvalue weighted by Crippen LogP contribution is -2.56. The minimum absolute atomic E-state index is 0.106. The smallest absolute Gasteiger partial charge is 0.245 e. The van der Waals surface area contributed by atoms with Crippen molar-refractivity contribution in [3.63, 3.8) is 0 Å². The molecule has 0 bridgehead atoms. The first-order chi connectivity index (χ1) is 9.43. The maximum absolute atomic E-state index is 12.5. The molecule has 5 heteroatoms. The van der Waals surface area contributed by atoms with Crippen LogP contribution in [0.3, 0.4) is 0 Å². The van der Waals surface area contributed by atoms with Gasteiger partial charge in [0.1, 0.15) is 5.38 Å². The fourth-order valence-electron chi connectivity index (χ4n) is 2.48. The van der Waals surface area contributed by atoms with Crippen molar-refractivity contribution >= 4 is 17.5 Å². The number of carbonyl (C=O) groups excluding carboxylic acids is 1. The highest BCUT2D eigenvalue weighted by Crippen LogP contribution is 2.27. The van der Waals surface area contributed by atoms with Gasteiger partial charge < -0.3 is 14.7 Å². The summed E-state index contributed by atoms with van der Waals surface area (Å²) in [5.74, 6) is -0.146. The predicted octanol–water partition coefficient (Wildman–Crippen LogP) is 1.96. The molecular formula is C15H20ClNO3. The molecule has 1 aliphatic rings. The lowest BCUT2D eigenvalue weighted by atomic mass is 10.0. The number of aliphatic hydroxyl groups is 1. The summed E-state index contributed by atoms with van der Waals surface area (Å²) in [6.45, 7) is 4.54. The monoisotopic (exact) mass is 297 g/mol. The van der Waals surface area contributed by atoms with Gasteiger partial charge in [-0.25, -0.2) is 0 Å². The van der Waals surface area contributed by atoms with Crippen molar-refractivity contribution in [1.82, 2.24) is 4.90 Å². The summed E-state index contributed by atoms with van der Waals surface area (Å²) in [7, 11) is 0. The molecule has 1 aliphatic heterocycles. The number of ether oxygens (including phenoxy) is 1. The summed E-state index contributed by atoms with van der Waals surface area (Å²) in [6, 6.07) is 9.28. The fourth-order valence-corrected chi connectivity index (χ4v) is 2.77. The second-order valence-corrected chi connectivity index (χ2v) is 6.11. The van der Waals surface area contributed by atoms with E-state index in [0.29, 0.717) is 13.1 Å². The molecule has 2 rings (SSSR count). The number of amides is 1. The van der Waals surface area contributed by atoms with E-state index in [2.05, 4.69) is 0 Å². The molecule has 1 N–H and O–H groups in total. The van der Waals surface area contributed by atoms with Gasteiger partial charge in [0.05, 0.1) is 18.3 Å². The van der Waals surface area contributed by atoms with Gasteiger partial charge in [0.15, 0.2) is 0 Å². The molecule has 2 unspecified atom stereocenters. The van der Waals surface area contributed by atoms with Crippen molar-refractivity contribution in [3.8, 4) is 0 Å². The average molecular weight is 298 g/mol. The largest absolute Gasteiger partial charge is 0.394 e. The summed E-state index contributed by atoms with van der Waals surface area (Å²) >= 11 is 6.28. The van der Waals surface area contributed by atoms with E-state index >= 15 is 0 Å². The van der Waals surface area contributed by atoms with Crippen molar-refractivity contribution in [1.29, 1.82) is 0 Å². The second-order valence-electron chi connectivity index (χ2n) is 5.67. The normalized spacial score (nSPS) is 23.4. The molecule has 0 spiro atoms. The summed E-state index contributed by atoms with van der Waals surface area (Å²) in [5.41, 5.74) is 0.304. The van der Waals surface area contributed by atoms with Gasteiger partial charge in [-0.3, -0.25) is 4.79 Å². The van der Waals surface area contributed by atoms with Crippen molar-refractivity contribution in [2.24, 2.45) is 0 Å². The second kappa shape index (κ2) is 6.12. The summed E-state index contributed by atoms with van der Waals surface area (Å²) in [4.78, 5) is 14.2. The van der Waals surface area contributed by atoms with Crippen LogP contribution in [0.1, 0.15) is 24.8 Å². The van der Waals surface area contributed by atoms with Gasteiger partial charge in [-0.05, 0) is 19.4 Å². The Bertz CT molecular complexity index is 463. The highest BCUT2D eigenvalue weighted by atomic mass is 35.5. The van der Waals surface area contributed by atoms with Crippen molar-refractivity contribution in [3.05, 3.63) is 35.9 Å². The first kappa shape index (κ1) is 15.3. The quantitative estimate of drug-likeness (QED) is 0.868. The Kier molecular flexibility index (Phi) is 4.68. The summed E-state index contributed by atoms with van der Waals surface area (Å²) in [5, 5.41) is 8.58. The van der Waals surface area contributed by atoms with E-state index in [1.807, 2.05) is 44.2 Å². The zero-order chi connectivity index (χ0) is 14.8. The zero-order valence-corrected chi connectivity index (χ0v) is 12.5. The van der Waals surface area contributed by atoms with E-state index in [-0.39, 0.29) is 18.6 Å². The van der Waals surface area contributed by atoms with Gasteiger partial charge in [-0.15, -0.1) is 11.6 Å². The van der Waals surface area contributed by atoms with Gasteiger partial charge in [0.25, 0.3) is 0 Å². The Balaban J connectivity index is 2.12. The molecule has 0 radical (unpaired) electrons. The average Bonchev–Trinajstić information content (AvgIpc) is 2.44. The maximum Gasteiger partial charge on any atom is 0.245 e. The van der Waals surface area contributed by atoms with Crippen LogP contribution in [0.5, 0.6) is 0 Å².